The van der Waals surface area contributed by atoms with Crippen LogP contribution in [0.25, 0.3) is 0 Å². The fourth-order valence-corrected chi connectivity index (χ4v) is 5.52. The number of ether oxygens (including phenoxy) is 1. The van der Waals surface area contributed by atoms with Gasteiger partial charge in [0.25, 0.3) is 0 Å². The van der Waals surface area contributed by atoms with Gasteiger partial charge < -0.3 is 20.3 Å². The molecule has 2 aromatic carbocycles. The Kier molecular flexibility index (Phi) is 9.32. The molecular formula is C27H33ClFN7O4S. The molecule has 0 fully saturated rings. The van der Waals surface area contributed by atoms with Gasteiger partial charge in [-0.25, -0.2) is 22.1 Å². The number of amides is 1. The van der Waals surface area contributed by atoms with Crippen molar-refractivity contribution in [2.24, 2.45) is 0 Å². The van der Waals surface area contributed by atoms with Crippen molar-refractivity contribution >= 4 is 50.7 Å². The lowest BCUT2D eigenvalue weighted by Gasteiger charge is -2.21. The number of aromatic nitrogens is 2. The third-order valence-corrected chi connectivity index (χ3v) is 8.85. The minimum Gasteiger partial charge on any atom is -0.495 e. The fraction of sp³-hybridized carbons (Fsp3) is 0.370. The Labute approximate surface area is 244 Å². The van der Waals surface area contributed by atoms with Crippen LogP contribution < -0.4 is 15.4 Å². The zero-order valence-corrected chi connectivity index (χ0v) is 25.1. The van der Waals surface area contributed by atoms with Crippen molar-refractivity contribution in [3.63, 3.8) is 0 Å². The molecule has 14 heteroatoms. The zero-order chi connectivity index (χ0) is 29.9. The maximum Gasteiger partial charge on any atom is 0.244 e. The normalized spacial score (nSPS) is 13.9. The molecule has 2 N–H and O–H groups in total. The van der Waals surface area contributed by atoms with Crippen molar-refractivity contribution < 1.29 is 22.3 Å². The first-order chi connectivity index (χ1) is 19.4. The molecule has 2 heterocycles. The standard InChI is InChI=1S/C27H33ClFN7O4S/c1-34(2)25(37)16-36-10-8-17-12-22(23(40-5)13-18(17)9-11-36)32-27-30-15-20(28)26(33-27)31-21-7-6-19(29)14-24(21)41(38,39)35(3)4/h6-7,12-15H,8-11,16H2,1-5H3,(H2,30,31,32,33). The van der Waals surface area contributed by atoms with Gasteiger partial charge in [-0.3, -0.25) is 9.69 Å². The lowest BCUT2D eigenvalue weighted by atomic mass is 10.0. The van der Waals surface area contributed by atoms with E-state index in [9.17, 15) is 17.6 Å². The summed E-state index contributed by atoms with van der Waals surface area (Å²) in [6.07, 6.45) is 2.89. The highest BCUT2D eigenvalue weighted by Gasteiger charge is 2.24. The molecule has 0 radical (unpaired) electrons. The smallest absolute Gasteiger partial charge is 0.244 e. The summed E-state index contributed by atoms with van der Waals surface area (Å²) in [6, 6.07) is 7.34. The lowest BCUT2D eigenvalue weighted by molar-refractivity contribution is -0.129. The number of carbonyl (C=O) groups is 1. The number of fused-ring (bicyclic) bond motifs is 1. The second-order valence-electron chi connectivity index (χ2n) is 9.95. The van der Waals surface area contributed by atoms with Crippen molar-refractivity contribution in [2.45, 2.75) is 17.7 Å². The predicted octanol–water partition coefficient (Wildman–Crippen LogP) is 3.50. The van der Waals surface area contributed by atoms with Gasteiger partial charge in [0, 0.05) is 41.3 Å². The molecule has 0 saturated heterocycles. The SMILES string of the molecule is COc1cc2c(cc1Nc1ncc(Cl)c(Nc3ccc(F)cc3S(=O)(=O)N(C)C)n1)CCN(CC(=O)N(C)C)CC2. The van der Waals surface area contributed by atoms with Crippen LogP contribution in [0.4, 0.5) is 27.5 Å². The summed E-state index contributed by atoms with van der Waals surface area (Å²) in [7, 11) is 3.82. The second-order valence-corrected chi connectivity index (χ2v) is 12.5. The average Bonchev–Trinajstić information content (AvgIpc) is 3.12. The van der Waals surface area contributed by atoms with E-state index >= 15 is 0 Å². The van der Waals surface area contributed by atoms with Crippen molar-refractivity contribution in [3.05, 3.63) is 58.5 Å². The predicted molar refractivity (Wildman–Crippen MR) is 156 cm³/mol. The topological polar surface area (TPSA) is 120 Å². The van der Waals surface area contributed by atoms with Crippen LogP contribution in [-0.2, 0) is 27.7 Å². The number of nitrogens with zero attached hydrogens (tertiary/aromatic N) is 5. The van der Waals surface area contributed by atoms with Gasteiger partial charge in [-0.05, 0) is 54.3 Å². The van der Waals surface area contributed by atoms with E-state index in [0.29, 0.717) is 18.0 Å². The van der Waals surface area contributed by atoms with Crippen LogP contribution in [0, 0.1) is 5.82 Å². The summed E-state index contributed by atoms with van der Waals surface area (Å²) in [5.74, 6) is 0.261. The fourth-order valence-electron chi connectivity index (χ4n) is 4.33. The molecule has 0 bridgehead atoms. The van der Waals surface area contributed by atoms with E-state index in [0.717, 1.165) is 53.5 Å². The van der Waals surface area contributed by atoms with E-state index in [-0.39, 0.29) is 33.3 Å². The number of hydrogen-bond donors (Lipinski definition) is 2. The van der Waals surface area contributed by atoms with Crippen LogP contribution in [-0.4, -0.2) is 93.3 Å². The molecule has 1 amide bonds. The van der Waals surface area contributed by atoms with E-state index in [1.807, 2.05) is 12.1 Å². The van der Waals surface area contributed by atoms with Crippen molar-refractivity contribution in [1.82, 2.24) is 24.1 Å². The molecule has 3 aromatic rings. The summed E-state index contributed by atoms with van der Waals surface area (Å²) in [4.78, 5) is 24.4. The monoisotopic (exact) mass is 605 g/mol. The number of methoxy groups -OCH3 is 1. The Balaban J connectivity index is 1.60. The third-order valence-electron chi connectivity index (χ3n) is 6.72. The summed E-state index contributed by atoms with van der Waals surface area (Å²) >= 11 is 6.34. The van der Waals surface area contributed by atoms with E-state index < -0.39 is 15.8 Å². The molecule has 220 valence electrons. The molecule has 11 nitrogen and oxygen atoms in total. The van der Waals surface area contributed by atoms with Crippen LogP contribution >= 0.6 is 11.6 Å². The number of anilines is 4. The molecular weight excluding hydrogens is 573 g/mol. The first-order valence-electron chi connectivity index (χ1n) is 12.8. The van der Waals surface area contributed by atoms with Crippen LogP contribution in [0.1, 0.15) is 11.1 Å². The Bertz CT molecular complexity index is 1550. The third kappa shape index (κ3) is 7.04. The van der Waals surface area contributed by atoms with Gasteiger partial charge in [0.05, 0.1) is 31.2 Å². The van der Waals surface area contributed by atoms with Crippen LogP contribution in [0.3, 0.4) is 0 Å². The molecule has 1 aliphatic heterocycles. The van der Waals surface area contributed by atoms with Gasteiger partial charge in [0.15, 0.2) is 5.82 Å². The maximum absolute atomic E-state index is 14.0. The highest BCUT2D eigenvalue weighted by molar-refractivity contribution is 7.89. The van der Waals surface area contributed by atoms with Crippen LogP contribution in [0.2, 0.25) is 5.02 Å². The Morgan fingerprint density at radius 3 is 2.39 bits per heavy atom. The first kappa shape index (κ1) is 30.4. The highest BCUT2D eigenvalue weighted by atomic mass is 35.5. The van der Waals surface area contributed by atoms with Gasteiger partial charge in [-0.15, -0.1) is 0 Å². The van der Waals surface area contributed by atoms with Crippen LogP contribution in [0.15, 0.2) is 41.4 Å². The molecule has 0 spiro atoms. The number of likely N-dealkylation sites (N-methyl/N-ethyl adjacent to an activating group) is 1. The molecule has 1 aromatic heterocycles. The molecule has 41 heavy (non-hydrogen) atoms. The number of halogens is 2. The van der Waals surface area contributed by atoms with Crippen molar-refractivity contribution in [1.29, 1.82) is 0 Å². The van der Waals surface area contributed by atoms with E-state index in [2.05, 4.69) is 25.5 Å². The van der Waals surface area contributed by atoms with Crippen molar-refractivity contribution in [2.75, 3.05) is 65.6 Å². The minimum atomic E-state index is -3.97. The molecule has 0 unspecified atom stereocenters. The van der Waals surface area contributed by atoms with Gasteiger partial charge in [0.2, 0.25) is 21.9 Å². The number of carbonyl (C=O) groups excluding carboxylic acids is 1. The maximum atomic E-state index is 14.0. The zero-order valence-electron chi connectivity index (χ0n) is 23.5. The largest absolute Gasteiger partial charge is 0.495 e. The molecule has 0 atom stereocenters. The van der Waals surface area contributed by atoms with Gasteiger partial charge in [0.1, 0.15) is 21.5 Å². The minimum absolute atomic E-state index is 0.0623. The molecule has 4 rings (SSSR count). The number of rotatable bonds is 9. The van der Waals surface area contributed by atoms with E-state index in [1.165, 1.54) is 26.4 Å². The van der Waals surface area contributed by atoms with E-state index in [1.54, 1.807) is 26.1 Å². The second kappa shape index (κ2) is 12.6. The van der Waals surface area contributed by atoms with Crippen LogP contribution in [0.5, 0.6) is 5.75 Å². The highest BCUT2D eigenvalue weighted by Crippen LogP contribution is 2.34. The van der Waals surface area contributed by atoms with Gasteiger partial charge >= 0.3 is 0 Å². The molecule has 1 aliphatic rings. The number of hydrogen-bond acceptors (Lipinski definition) is 9. The van der Waals surface area contributed by atoms with Gasteiger partial charge in [-0.2, -0.15) is 4.98 Å². The summed E-state index contributed by atoms with van der Waals surface area (Å²) in [6.45, 7) is 1.86. The quantitative estimate of drug-likeness (QED) is 0.378. The Morgan fingerprint density at radius 2 is 1.76 bits per heavy atom. The average molecular weight is 606 g/mol. The van der Waals surface area contributed by atoms with Gasteiger partial charge in [-0.1, -0.05) is 11.6 Å². The lowest BCUT2D eigenvalue weighted by Crippen LogP contribution is -2.37. The Hall–Kier alpha value is -3.52. The number of benzene rings is 2. The summed E-state index contributed by atoms with van der Waals surface area (Å²) in [5.41, 5.74) is 2.99. The number of sulfonamides is 1. The Morgan fingerprint density at radius 1 is 1.07 bits per heavy atom. The summed E-state index contributed by atoms with van der Waals surface area (Å²) < 4.78 is 46.2. The number of nitrogens with one attached hydrogen (secondary N) is 2. The van der Waals surface area contributed by atoms with Crippen molar-refractivity contribution in [3.8, 4) is 5.75 Å². The first-order valence-corrected chi connectivity index (χ1v) is 14.6. The molecule has 0 aliphatic carbocycles. The summed E-state index contributed by atoms with van der Waals surface area (Å²) in [5, 5.41) is 6.21. The molecule has 0 saturated carbocycles. The van der Waals surface area contributed by atoms with E-state index in [4.69, 9.17) is 16.3 Å².